The van der Waals surface area contributed by atoms with Crippen LogP contribution in [0.1, 0.15) is 6.92 Å². The molecule has 0 aliphatic carbocycles. The first-order valence-electron chi connectivity index (χ1n) is 16.6. The van der Waals surface area contributed by atoms with Gasteiger partial charge in [0.1, 0.15) is 52.7 Å². The van der Waals surface area contributed by atoms with E-state index in [0.29, 0.717) is 0 Å². The molecule has 0 bridgehead atoms. The second-order valence-corrected chi connectivity index (χ2v) is 12.6. The van der Waals surface area contributed by atoms with Gasteiger partial charge in [-0.3, -0.25) is 9.78 Å². The average molecular weight is 958 g/mol. The average Bonchev–Trinajstić information content (AvgIpc) is 3.28. The number of rotatable bonds is 9. The van der Waals surface area contributed by atoms with E-state index in [4.69, 9.17) is 0 Å². The molecule has 7 nitrogen and oxygen atoms in total. The van der Waals surface area contributed by atoms with Crippen molar-refractivity contribution < 1.29 is 116 Å². The lowest BCUT2D eigenvalue weighted by Crippen LogP contribution is -2.81. The highest BCUT2D eigenvalue weighted by Crippen LogP contribution is 2.31. The van der Waals surface area contributed by atoms with Crippen LogP contribution in [0.15, 0.2) is 35.9 Å². The minimum atomic E-state index is -7.22. The molecule has 5 rings (SSSR count). The molecule has 0 aliphatic heterocycles. The number of halogens is 20. The minimum absolute atomic E-state index is 0.0138. The highest BCUT2D eigenvalue weighted by molar-refractivity contribution is 7.20. The van der Waals surface area contributed by atoms with Gasteiger partial charge in [-0.2, -0.15) is 4.57 Å². The Bertz CT molecular complexity index is 2450. The number of carbonyl (C=O) groups excluding carboxylic acids is 3. The smallest absolute Gasteiger partial charge is 0.345 e. The predicted octanol–water partition coefficient (Wildman–Crippen LogP) is 5.45. The van der Waals surface area contributed by atoms with Crippen LogP contribution in [-0.4, -0.2) is 43.1 Å². The van der Waals surface area contributed by atoms with Crippen molar-refractivity contribution in [3.63, 3.8) is 0 Å². The molecule has 0 fully saturated rings. The highest BCUT2D eigenvalue weighted by Gasteiger charge is 2.52. The molecule has 1 aromatic heterocycles. The summed E-state index contributed by atoms with van der Waals surface area (Å²) in [6.45, 7) is 1.31. The van der Waals surface area contributed by atoms with Crippen LogP contribution in [0.3, 0.4) is 0 Å². The number of allylic oxidation sites excluding steroid dienone is 1. The zero-order valence-corrected chi connectivity index (χ0v) is 31.6. The molecule has 0 radical (unpaired) electrons. The Hall–Kier alpha value is -7.03. The van der Waals surface area contributed by atoms with Crippen LogP contribution in [0, 0.1) is 116 Å². The molecule has 0 aliphatic rings. The summed E-state index contributed by atoms with van der Waals surface area (Å²) in [4.78, 5) is 39.0. The fourth-order valence-corrected chi connectivity index (χ4v) is 6.41. The van der Waals surface area contributed by atoms with Crippen LogP contribution >= 0.6 is 0 Å². The van der Waals surface area contributed by atoms with E-state index in [2.05, 4.69) is 14.5 Å². The molecule has 0 saturated carbocycles. The largest absolute Gasteiger partial charge is 0.465 e. The Morgan fingerprint density at radius 3 is 0.846 bits per heavy atom. The topological polar surface area (TPSA) is 86.4 Å². The van der Waals surface area contributed by atoms with Crippen molar-refractivity contribution in [3.05, 3.63) is 152 Å². The number of hydrogen-bond donors (Lipinski definition) is 0. The molecule has 346 valence electrons. The predicted molar refractivity (Wildman–Crippen MR) is 175 cm³/mol. The van der Waals surface area contributed by atoms with Crippen molar-refractivity contribution in [2.24, 2.45) is 0 Å². The van der Waals surface area contributed by atoms with E-state index in [1.807, 2.05) is 0 Å². The lowest BCUT2D eigenvalue weighted by molar-refractivity contribution is -0.688. The number of carbonyl (C=O) groups is 3. The number of Topliss-reactive ketones (excluding diaryl/α,β-unsaturated/α-hetero) is 1. The first-order valence-corrected chi connectivity index (χ1v) is 16.6. The van der Waals surface area contributed by atoms with Gasteiger partial charge in [0, 0.05) is 0 Å². The van der Waals surface area contributed by atoms with Gasteiger partial charge < -0.3 is 9.47 Å². The fraction of sp³-hybridized carbons (Fsp3) is 0.108. The summed E-state index contributed by atoms with van der Waals surface area (Å²) in [5, 5.41) is 0. The number of ketones is 1. The summed E-state index contributed by atoms with van der Waals surface area (Å²) in [7, 11) is 2.26. The molecule has 0 unspecified atom stereocenters. The second-order valence-electron chi connectivity index (χ2n) is 12.6. The molecule has 0 saturated heterocycles. The zero-order chi connectivity index (χ0) is 49.5. The summed E-state index contributed by atoms with van der Waals surface area (Å²) < 4.78 is 305. The summed E-state index contributed by atoms with van der Waals surface area (Å²) in [6, 6.07) is 0. The molecule has 0 spiro atoms. The SMILES string of the molecule is COC(=O)C(C(=O)OC)=C(C[n+]1ccncc1)C(C)=O.Fc1c(F)c(F)c([B-](c2c(F)c(F)c(F)c(F)c2F)(c2c(F)c(F)c(F)c(F)c2F)c2c(F)c(F)c(F)c(F)c2F)c(F)c1F. The maximum absolute atomic E-state index is 15.4. The van der Waals surface area contributed by atoms with E-state index in [-0.39, 0.29) is 12.1 Å². The number of benzene rings is 4. The van der Waals surface area contributed by atoms with Crippen LogP contribution in [-0.2, 0) is 30.4 Å². The van der Waals surface area contributed by atoms with Crippen molar-refractivity contribution in [2.75, 3.05) is 14.2 Å². The first-order chi connectivity index (χ1) is 30.2. The van der Waals surface area contributed by atoms with E-state index in [0.717, 1.165) is 14.2 Å². The second kappa shape index (κ2) is 19.0. The Kier molecular flexibility index (Phi) is 14.8. The van der Waals surface area contributed by atoms with Crippen molar-refractivity contribution in [1.82, 2.24) is 4.98 Å². The Morgan fingerprint density at radius 1 is 0.431 bits per heavy atom. The van der Waals surface area contributed by atoms with Crippen LogP contribution < -0.4 is 26.4 Å². The van der Waals surface area contributed by atoms with E-state index in [9.17, 15) is 67.1 Å². The van der Waals surface area contributed by atoms with Gasteiger partial charge in [-0.15, -0.1) is 21.9 Å². The van der Waals surface area contributed by atoms with Gasteiger partial charge in [0.15, 0.2) is 100 Å². The normalized spacial score (nSPS) is 11.2. The molecular weight excluding hydrogens is 943 g/mol. The fourth-order valence-electron chi connectivity index (χ4n) is 6.41. The summed E-state index contributed by atoms with van der Waals surface area (Å²) in [5.74, 6) is -73.6. The Morgan fingerprint density at radius 2 is 0.646 bits per heavy atom. The third kappa shape index (κ3) is 8.19. The Labute approximate surface area is 347 Å². The highest BCUT2D eigenvalue weighted by atomic mass is 19.2. The van der Waals surface area contributed by atoms with Crippen LogP contribution in [0.5, 0.6) is 0 Å². The molecule has 1 heterocycles. The molecule has 0 amide bonds. The quantitative estimate of drug-likeness (QED) is 0.0225. The lowest BCUT2D eigenvalue weighted by Gasteiger charge is -2.44. The van der Waals surface area contributed by atoms with E-state index < -0.39 is 168 Å². The maximum atomic E-state index is 15.4. The number of aromatic nitrogens is 2. The van der Waals surface area contributed by atoms with Crippen LogP contribution in [0.25, 0.3) is 0 Å². The molecular formula is C37H15BF20N2O5. The monoisotopic (exact) mass is 958 g/mol. The minimum Gasteiger partial charge on any atom is -0.465 e. The standard InChI is InChI=1S/C24BF20.C13H15N2O5/c26-5-1(6(27)14(35)21(42)13(5)34)25(2-7(28)15(36)22(43)16(37)8(2)29,3-9(30)17(38)23(44)18(39)10(3)31)4-11(32)19(40)24(45)20(41)12(4)33;1-9(16)10(8-15-6-4-14-5-7-15)11(12(17)19-2)13(18)20-3/h;4-7H,8H2,1-3H3/q-1;+1. The molecule has 0 N–H and O–H groups in total. The molecule has 28 heteroatoms. The lowest BCUT2D eigenvalue weighted by atomic mass is 9.12. The van der Waals surface area contributed by atoms with E-state index >= 15 is 35.1 Å². The van der Waals surface area contributed by atoms with Crippen molar-refractivity contribution in [1.29, 1.82) is 0 Å². The molecule has 4 aromatic carbocycles. The van der Waals surface area contributed by atoms with Gasteiger partial charge in [0.25, 0.3) is 0 Å². The van der Waals surface area contributed by atoms with Gasteiger partial charge in [0.2, 0.25) is 0 Å². The first kappa shape index (κ1) is 50.6. The summed E-state index contributed by atoms with van der Waals surface area (Å²) >= 11 is 0. The number of hydrogen-bond acceptors (Lipinski definition) is 6. The molecule has 0 atom stereocenters. The molecule has 65 heavy (non-hydrogen) atoms. The van der Waals surface area contributed by atoms with Crippen LogP contribution in [0.2, 0.25) is 0 Å². The van der Waals surface area contributed by atoms with Gasteiger partial charge in [-0.25, -0.2) is 97.4 Å². The number of nitrogens with zero attached hydrogens (tertiary/aromatic N) is 2. The zero-order valence-electron chi connectivity index (χ0n) is 31.6. The van der Waals surface area contributed by atoms with Crippen LogP contribution in [0.4, 0.5) is 87.8 Å². The van der Waals surface area contributed by atoms with E-state index in [1.54, 1.807) is 17.0 Å². The van der Waals surface area contributed by atoms with Gasteiger partial charge in [-0.1, -0.05) is 0 Å². The van der Waals surface area contributed by atoms with Crippen molar-refractivity contribution >= 4 is 45.7 Å². The molecule has 5 aromatic rings. The summed E-state index contributed by atoms with van der Waals surface area (Å²) in [6.07, 6.45) is -0.961. The van der Waals surface area contributed by atoms with Gasteiger partial charge in [-0.05, 0) is 6.92 Å². The third-order valence-electron chi connectivity index (χ3n) is 9.24. The van der Waals surface area contributed by atoms with Gasteiger partial charge >= 0.3 is 11.9 Å². The third-order valence-corrected chi connectivity index (χ3v) is 9.24. The van der Waals surface area contributed by atoms with Gasteiger partial charge in [0.05, 0.1) is 32.2 Å². The maximum Gasteiger partial charge on any atom is 0.345 e. The number of methoxy groups -OCH3 is 2. The van der Waals surface area contributed by atoms with Crippen molar-refractivity contribution in [2.45, 2.75) is 13.5 Å². The number of esters is 2. The number of ether oxygens (including phenoxy) is 2. The van der Waals surface area contributed by atoms with E-state index in [1.165, 1.54) is 19.3 Å². The Balaban J connectivity index is 0.000000387. The van der Waals surface area contributed by atoms with Crippen molar-refractivity contribution in [3.8, 4) is 0 Å². The summed E-state index contributed by atoms with van der Waals surface area (Å²) in [5.41, 5.74) is -14.7.